The fourth-order valence-corrected chi connectivity index (χ4v) is 3.35. The summed E-state index contributed by atoms with van der Waals surface area (Å²) >= 11 is 0. The highest BCUT2D eigenvalue weighted by molar-refractivity contribution is 5.76. The number of nitrogens with one attached hydrogen (secondary N) is 2. The predicted octanol–water partition coefficient (Wildman–Crippen LogP) is 2.92. The van der Waals surface area contributed by atoms with Gasteiger partial charge >= 0.3 is 6.09 Å². The van der Waals surface area contributed by atoms with Crippen molar-refractivity contribution >= 4 is 12.0 Å². The first-order valence-corrected chi connectivity index (χ1v) is 9.74. The lowest BCUT2D eigenvalue weighted by molar-refractivity contribution is -0.130. The molecule has 2 amide bonds. The lowest BCUT2D eigenvalue weighted by atomic mass is 9.84. The number of amides is 2. The van der Waals surface area contributed by atoms with Crippen LogP contribution in [0.1, 0.15) is 66.7 Å². The molecule has 0 aromatic rings. The molecule has 0 heterocycles. The van der Waals surface area contributed by atoms with Crippen LogP contribution in [-0.4, -0.2) is 54.7 Å². The molecule has 1 aliphatic carbocycles. The molecular weight excluding hydrogens is 318 g/mol. The quantitative estimate of drug-likeness (QED) is 0.702. The summed E-state index contributed by atoms with van der Waals surface area (Å²) in [7, 11) is 0. The number of ether oxygens (including phenoxy) is 1. The molecule has 2 N–H and O–H groups in total. The van der Waals surface area contributed by atoms with Crippen molar-refractivity contribution in [3.05, 3.63) is 0 Å². The summed E-state index contributed by atoms with van der Waals surface area (Å²) in [6.07, 6.45) is 4.76. The minimum absolute atomic E-state index is 0.205. The van der Waals surface area contributed by atoms with Gasteiger partial charge in [-0.15, -0.1) is 0 Å². The summed E-state index contributed by atoms with van der Waals surface area (Å²) in [5.74, 6) is 0.599. The number of carbonyl (C=O) groups is 2. The average Bonchev–Trinajstić information content (AvgIpc) is 2.53. The van der Waals surface area contributed by atoms with Gasteiger partial charge in [-0.25, -0.2) is 4.79 Å². The molecule has 1 aliphatic rings. The summed E-state index contributed by atoms with van der Waals surface area (Å²) in [6, 6.07) is 0.355. The lowest BCUT2D eigenvalue weighted by Gasteiger charge is -2.33. The minimum Gasteiger partial charge on any atom is -0.444 e. The first kappa shape index (κ1) is 21.7. The van der Waals surface area contributed by atoms with Gasteiger partial charge in [0, 0.05) is 38.6 Å². The first-order chi connectivity index (χ1) is 11.8. The second kappa shape index (κ2) is 10.6. The molecule has 0 spiro atoms. The zero-order valence-corrected chi connectivity index (χ0v) is 16.7. The van der Waals surface area contributed by atoms with E-state index in [4.69, 9.17) is 4.74 Å². The Morgan fingerprint density at radius 2 is 1.76 bits per heavy atom. The standard InChI is InChI=1S/C19H37N3O3/c1-6-22(7-2)17(23)12-13-20-16-11-9-8-10-15(16)14-21-18(24)25-19(3,4)5/h15-16,20H,6-14H2,1-5H3,(H,21,24). The molecule has 6 heteroatoms. The van der Waals surface area contributed by atoms with Gasteiger partial charge in [0.15, 0.2) is 0 Å². The molecule has 6 nitrogen and oxygen atoms in total. The highest BCUT2D eigenvalue weighted by Crippen LogP contribution is 2.24. The SMILES string of the molecule is CCN(CC)C(=O)CCNC1CCCCC1CNC(=O)OC(C)(C)C. The van der Waals surface area contributed by atoms with Gasteiger partial charge in [0.2, 0.25) is 5.91 Å². The Bertz CT molecular complexity index is 417. The average molecular weight is 356 g/mol. The Hall–Kier alpha value is -1.30. The Kier molecular flexibility index (Phi) is 9.25. The second-order valence-corrected chi connectivity index (χ2v) is 7.80. The van der Waals surface area contributed by atoms with Crippen LogP contribution in [0.5, 0.6) is 0 Å². The Morgan fingerprint density at radius 3 is 2.36 bits per heavy atom. The normalized spacial score (nSPS) is 20.8. The van der Waals surface area contributed by atoms with Crippen LogP contribution in [0.15, 0.2) is 0 Å². The van der Waals surface area contributed by atoms with Gasteiger partial charge in [-0.3, -0.25) is 4.79 Å². The van der Waals surface area contributed by atoms with Crippen LogP contribution in [0.3, 0.4) is 0 Å². The van der Waals surface area contributed by atoms with E-state index < -0.39 is 5.60 Å². The van der Waals surface area contributed by atoms with Crippen LogP contribution < -0.4 is 10.6 Å². The van der Waals surface area contributed by atoms with Gasteiger partial charge in [-0.05, 0) is 53.4 Å². The van der Waals surface area contributed by atoms with E-state index in [0.717, 1.165) is 25.9 Å². The highest BCUT2D eigenvalue weighted by Gasteiger charge is 2.26. The van der Waals surface area contributed by atoms with E-state index in [1.165, 1.54) is 12.8 Å². The maximum atomic E-state index is 12.1. The minimum atomic E-state index is -0.473. The number of carbonyl (C=O) groups excluding carboxylic acids is 2. The third kappa shape index (κ3) is 8.56. The maximum Gasteiger partial charge on any atom is 0.407 e. The summed E-state index contributed by atoms with van der Waals surface area (Å²) in [5.41, 5.74) is -0.473. The Morgan fingerprint density at radius 1 is 1.12 bits per heavy atom. The highest BCUT2D eigenvalue weighted by atomic mass is 16.6. The molecule has 0 aromatic heterocycles. The van der Waals surface area contributed by atoms with Gasteiger partial charge in [-0.2, -0.15) is 0 Å². The van der Waals surface area contributed by atoms with Crippen molar-refractivity contribution in [3.8, 4) is 0 Å². The van der Waals surface area contributed by atoms with Crippen LogP contribution in [0.4, 0.5) is 4.79 Å². The van der Waals surface area contributed by atoms with Crippen LogP contribution in [0.2, 0.25) is 0 Å². The molecular formula is C19H37N3O3. The summed E-state index contributed by atoms with van der Waals surface area (Å²) in [5, 5.41) is 6.44. The van der Waals surface area contributed by atoms with E-state index in [2.05, 4.69) is 10.6 Å². The first-order valence-electron chi connectivity index (χ1n) is 9.74. The summed E-state index contributed by atoms with van der Waals surface area (Å²) in [4.78, 5) is 25.8. The predicted molar refractivity (Wildman–Crippen MR) is 101 cm³/mol. The van der Waals surface area contributed by atoms with Gasteiger partial charge in [0.05, 0.1) is 0 Å². The van der Waals surface area contributed by atoms with E-state index in [0.29, 0.717) is 31.5 Å². The van der Waals surface area contributed by atoms with Crippen molar-refractivity contribution in [2.24, 2.45) is 5.92 Å². The van der Waals surface area contributed by atoms with Crippen LogP contribution in [0.25, 0.3) is 0 Å². The van der Waals surface area contributed by atoms with Crippen molar-refractivity contribution in [1.29, 1.82) is 0 Å². The van der Waals surface area contributed by atoms with Crippen LogP contribution in [0, 0.1) is 5.92 Å². The molecule has 0 saturated heterocycles. The van der Waals surface area contributed by atoms with Gasteiger partial charge in [0.25, 0.3) is 0 Å². The molecule has 1 fully saturated rings. The van der Waals surface area contributed by atoms with Crippen molar-refractivity contribution in [2.75, 3.05) is 26.2 Å². The summed E-state index contributed by atoms with van der Waals surface area (Å²) in [6.45, 7) is 12.5. The Balaban J connectivity index is 2.38. The number of rotatable bonds is 8. The number of alkyl carbamates (subject to hydrolysis) is 1. The monoisotopic (exact) mass is 355 g/mol. The van der Waals surface area contributed by atoms with E-state index in [1.54, 1.807) is 0 Å². The van der Waals surface area contributed by atoms with Gasteiger partial charge in [-0.1, -0.05) is 12.8 Å². The van der Waals surface area contributed by atoms with Gasteiger partial charge in [0.1, 0.15) is 5.60 Å². The van der Waals surface area contributed by atoms with Crippen molar-refractivity contribution in [2.45, 2.75) is 78.4 Å². The molecule has 25 heavy (non-hydrogen) atoms. The molecule has 2 atom stereocenters. The maximum absolute atomic E-state index is 12.1. The Labute approximate surface area is 153 Å². The number of hydrogen-bond donors (Lipinski definition) is 2. The van der Waals surface area contributed by atoms with Crippen molar-refractivity contribution in [1.82, 2.24) is 15.5 Å². The number of nitrogens with zero attached hydrogens (tertiary/aromatic N) is 1. The second-order valence-electron chi connectivity index (χ2n) is 7.80. The smallest absolute Gasteiger partial charge is 0.407 e. The molecule has 0 aromatic carbocycles. The molecule has 0 bridgehead atoms. The molecule has 1 saturated carbocycles. The third-order valence-electron chi connectivity index (χ3n) is 4.68. The fraction of sp³-hybridized carbons (Fsp3) is 0.895. The molecule has 0 aliphatic heterocycles. The van der Waals surface area contributed by atoms with Gasteiger partial charge < -0.3 is 20.3 Å². The fourth-order valence-electron chi connectivity index (χ4n) is 3.35. The van der Waals surface area contributed by atoms with Crippen molar-refractivity contribution < 1.29 is 14.3 Å². The zero-order chi connectivity index (χ0) is 18.9. The topological polar surface area (TPSA) is 70.7 Å². The third-order valence-corrected chi connectivity index (χ3v) is 4.68. The summed E-state index contributed by atoms with van der Waals surface area (Å²) < 4.78 is 5.31. The zero-order valence-electron chi connectivity index (χ0n) is 16.7. The van der Waals surface area contributed by atoms with E-state index in [9.17, 15) is 9.59 Å². The molecule has 2 unspecified atom stereocenters. The molecule has 146 valence electrons. The largest absolute Gasteiger partial charge is 0.444 e. The van der Waals surface area contributed by atoms with Crippen LogP contribution in [-0.2, 0) is 9.53 Å². The van der Waals surface area contributed by atoms with E-state index in [1.807, 2.05) is 39.5 Å². The van der Waals surface area contributed by atoms with E-state index >= 15 is 0 Å². The molecule has 1 rings (SSSR count). The van der Waals surface area contributed by atoms with E-state index in [-0.39, 0.29) is 12.0 Å². The molecule has 0 radical (unpaired) electrons. The lowest BCUT2D eigenvalue weighted by Crippen LogP contribution is -2.46. The number of hydrogen-bond acceptors (Lipinski definition) is 4. The van der Waals surface area contributed by atoms with Crippen LogP contribution >= 0.6 is 0 Å². The van der Waals surface area contributed by atoms with Crippen molar-refractivity contribution in [3.63, 3.8) is 0 Å².